The van der Waals surface area contributed by atoms with Crippen LogP contribution in [0.3, 0.4) is 0 Å². The topological polar surface area (TPSA) is 41.1 Å². The van der Waals surface area contributed by atoms with Gasteiger partial charge in [-0.25, -0.2) is 4.98 Å². The summed E-state index contributed by atoms with van der Waals surface area (Å²) < 4.78 is 4.35. The van der Waals surface area contributed by atoms with Gasteiger partial charge in [0.1, 0.15) is 5.82 Å². The molecule has 4 nitrogen and oxygen atoms in total. The molecule has 5 heteroatoms. The second-order valence-electron chi connectivity index (χ2n) is 4.01. The highest BCUT2D eigenvalue weighted by atomic mass is 32.1. The van der Waals surface area contributed by atoms with Gasteiger partial charge in [0.2, 0.25) is 5.13 Å². The number of nitrogens with zero attached hydrogens (tertiary/aromatic N) is 3. The third-order valence-corrected chi connectivity index (χ3v) is 3.38. The fourth-order valence-corrected chi connectivity index (χ4v) is 2.15. The van der Waals surface area contributed by atoms with Gasteiger partial charge in [-0.15, -0.1) is 0 Å². The molecule has 78 valence electrons. The first kappa shape index (κ1) is 9.86. The van der Waals surface area contributed by atoms with E-state index < -0.39 is 0 Å². The predicted molar refractivity (Wildman–Crippen MR) is 59.1 cm³/mol. The summed E-state index contributed by atoms with van der Waals surface area (Å²) >= 11 is 1.50. The molecule has 0 aliphatic carbocycles. The fourth-order valence-electron chi connectivity index (χ4n) is 1.31. The number of anilines is 1. The first-order valence-electron chi connectivity index (χ1n) is 4.95. The molecule has 2 rings (SSSR count). The molecule has 0 saturated carbocycles. The third kappa shape index (κ3) is 1.74. The van der Waals surface area contributed by atoms with Gasteiger partial charge in [0.15, 0.2) is 0 Å². The van der Waals surface area contributed by atoms with E-state index >= 15 is 0 Å². The Labute approximate surface area is 88.5 Å². The molecule has 14 heavy (non-hydrogen) atoms. The summed E-state index contributed by atoms with van der Waals surface area (Å²) in [7, 11) is 2.09. The maximum Gasteiger partial charge on any atom is 0.205 e. The van der Waals surface area contributed by atoms with Gasteiger partial charge in [0, 0.05) is 37.6 Å². The zero-order chi connectivity index (χ0) is 10.1. The average Bonchev–Trinajstić information content (AvgIpc) is 2.48. The van der Waals surface area contributed by atoms with Crippen LogP contribution in [0.1, 0.15) is 25.6 Å². The first-order chi connectivity index (χ1) is 6.68. The highest BCUT2D eigenvalue weighted by molar-refractivity contribution is 7.09. The molecule has 0 bridgehead atoms. The van der Waals surface area contributed by atoms with E-state index in [-0.39, 0.29) is 0 Å². The van der Waals surface area contributed by atoms with Crippen molar-refractivity contribution in [2.45, 2.75) is 25.8 Å². The fraction of sp³-hybridized carbons (Fsp3) is 0.778. The van der Waals surface area contributed by atoms with Crippen LogP contribution in [0, 0.1) is 0 Å². The molecule has 1 aliphatic rings. The number of aromatic nitrogens is 2. The molecule has 1 aromatic rings. The molecule has 0 spiro atoms. The lowest BCUT2D eigenvalue weighted by molar-refractivity contribution is 0.428. The van der Waals surface area contributed by atoms with E-state index in [4.69, 9.17) is 0 Å². The monoisotopic (exact) mass is 212 g/mol. The first-order valence-corrected chi connectivity index (χ1v) is 5.73. The van der Waals surface area contributed by atoms with E-state index in [1.165, 1.54) is 11.5 Å². The van der Waals surface area contributed by atoms with Gasteiger partial charge in [0.25, 0.3) is 0 Å². The molecule has 1 fully saturated rings. The van der Waals surface area contributed by atoms with Gasteiger partial charge in [-0.2, -0.15) is 4.37 Å². The normalized spacial score (nSPS) is 17.1. The van der Waals surface area contributed by atoms with E-state index in [0.29, 0.717) is 12.0 Å². The van der Waals surface area contributed by atoms with Gasteiger partial charge in [0.05, 0.1) is 6.04 Å². The van der Waals surface area contributed by atoms with Crippen LogP contribution in [0.15, 0.2) is 0 Å². The number of hydrogen-bond donors (Lipinski definition) is 1. The molecule has 0 radical (unpaired) electrons. The summed E-state index contributed by atoms with van der Waals surface area (Å²) in [4.78, 5) is 6.74. The van der Waals surface area contributed by atoms with E-state index in [2.05, 4.69) is 40.5 Å². The number of hydrogen-bond acceptors (Lipinski definition) is 5. The summed E-state index contributed by atoms with van der Waals surface area (Å²) in [5.41, 5.74) is 0. The van der Waals surface area contributed by atoms with Gasteiger partial charge in [-0.05, 0) is 0 Å². The third-order valence-electron chi connectivity index (χ3n) is 2.56. The lowest BCUT2D eigenvalue weighted by Gasteiger charge is -2.35. The van der Waals surface area contributed by atoms with Crippen molar-refractivity contribution in [3.05, 3.63) is 5.82 Å². The molecule has 0 unspecified atom stereocenters. The van der Waals surface area contributed by atoms with Crippen molar-refractivity contribution in [2.75, 3.05) is 25.0 Å². The Bertz CT molecular complexity index is 306. The Balaban J connectivity index is 2.07. The van der Waals surface area contributed by atoms with Crippen molar-refractivity contribution >= 4 is 16.7 Å². The van der Waals surface area contributed by atoms with Crippen molar-refractivity contribution < 1.29 is 0 Å². The smallest absolute Gasteiger partial charge is 0.205 e. The van der Waals surface area contributed by atoms with Crippen LogP contribution in [0.25, 0.3) is 0 Å². The van der Waals surface area contributed by atoms with Crippen molar-refractivity contribution in [3.63, 3.8) is 0 Å². The Hall–Kier alpha value is -0.680. The molecule has 1 aromatic heterocycles. The van der Waals surface area contributed by atoms with Gasteiger partial charge < -0.3 is 10.2 Å². The standard InChI is InChI=1S/C9H16N4S/c1-6(2)8-11-9(14-12-8)13(3)7-4-10-5-7/h6-7,10H,4-5H2,1-3H3. The Morgan fingerprint density at radius 2 is 2.21 bits per heavy atom. The van der Waals surface area contributed by atoms with Crippen molar-refractivity contribution in [1.29, 1.82) is 0 Å². The number of rotatable bonds is 3. The van der Waals surface area contributed by atoms with Gasteiger partial charge >= 0.3 is 0 Å². The van der Waals surface area contributed by atoms with Crippen LogP contribution < -0.4 is 10.2 Å². The Morgan fingerprint density at radius 3 is 2.64 bits per heavy atom. The maximum atomic E-state index is 4.52. The molecule has 0 aromatic carbocycles. The Kier molecular flexibility index (Phi) is 2.69. The second kappa shape index (κ2) is 3.82. The highest BCUT2D eigenvalue weighted by Gasteiger charge is 2.24. The maximum absolute atomic E-state index is 4.52. The van der Waals surface area contributed by atoms with Gasteiger partial charge in [-0.1, -0.05) is 13.8 Å². The molecule has 1 aliphatic heterocycles. The van der Waals surface area contributed by atoms with Crippen molar-refractivity contribution in [2.24, 2.45) is 0 Å². The van der Waals surface area contributed by atoms with E-state index in [9.17, 15) is 0 Å². The predicted octanol–water partition coefficient (Wildman–Crippen LogP) is 1.07. The quantitative estimate of drug-likeness (QED) is 0.813. The summed E-state index contributed by atoms with van der Waals surface area (Å²) in [6.07, 6.45) is 0. The van der Waals surface area contributed by atoms with E-state index in [0.717, 1.165) is 24.0 Å². The van der Waals surface area contributed by atoms with Crippen LogP contribution in [-0.2, 0) is 0 Å². The summed E-state index contributed by atoms with van der Waals surface area (Å²) in [6.45, 7) is 6.37. The molecular formula is C9H16N4S. The zero-order valence-electron chi connectivity index (χ0n) is 8.82. The zero-order valence-corrected chi connectivity index (χ0v) is 9.64. The molecule has 2 heterocycles. The van der Waals surface area contributed by atoms with E-state index in [1.807, 2.05) is 0 Å². The van der Waals surface area contributed by atoms with Crippen molar-refractivity contribution in [1.82, 2.24) is 14.7 Å². The average molecular weight is 212 g/mol. The van der Waals surface area contributed by atoms with E-state index in [1.54, 1.807) is 0 Å². The Morgan fingerprint density at radius 1 is 1.50 bits per heavy atom. The number of nitrogens with one attached hydrogen (secondary N) is 1. The van der Waals surface area contributed by atoms with Crippen LogP contribution in [0.4, 0.5) is 5.13 Å². The minimum absolute atomic E-state index is 0.424. The van der Waals surface area contributed by atoms with Crippen LogP contribution >= 0.6 is 11.5 Å². The molecule has 1 N–H and O–H groups in total. The van der Waals surface area contributed by atoms with Crippen LogP contribution in [0.5, 0.6) is 0 Å². The van der Waals surface area contributed by atoms with Crippen LogP contribution in [0.2, 0.25) is 0 Å². The SMILES string of the molecule is CC(C)c1nsc(N(C)C2CNC2)n1. The molecular weight excluding hydrogens is 196 g/mol. The molecule has 0 atom stereocenters. The lowest BCUT2D eigenvalue weighted by Crippen LogP contribution is -2.56. The second-order valence-corrected chi connectivity index (χ2v) is 4.74. The minimum Gasteiger partial charge on any atom is -0.344 e. The van der Waals surface area contributed by atoms with Crippen LogP contribution in [-0.4, -0.2) is 35.5 Å². The van der Waals surface area contributed by atoms with Crippen molar-refractivity contribution in [3.8, 4) is 0 Å². The van der Waals surface area contributed by atoms with Gasteiger partial charge in [-0.3, -0.25) is 0 Å². The number of likely N-dealkylation sites (N-methyl/N-ethyl adjacent to an activating group) is 1. The largest absolute Gasteiger partial charge is 0.344 e. The summed E-state index contributed by atoms with van der Waals surface area (Å²) in [5.74, 6) is 1.39. The minimum atomic E-state index is 0.424. The summed E-state index contributed by atoms with van der Waals surface area (Å²) in [6, 6.07) is 0.600. The molecule has 0 amide bonds. The lowest BCUT2D eigenvalue weighted by atomic mass is 10.1. The highest BCUT2D eigenvalue weighted by Crippen LogP contribution is 2.22. The molecule has 1 saturated heterocycles. The summed E-state index contributed by atoms with van der Waals surface area (Å²) in [5, 5.41) is 4.30.